The number of rotatable bonds is 5. The van der Waals surface area contributed by atoms with Crippen molar-refractivity contribution in [2.75, 3.05) is 12.4 Å². The van der Waals surface area contributed by atoms with Crippen LogP contribution in [0.15, 0.2) is 36.5 Å². The van der Waals surface area contributed by atoms with Crippen LogP contribution in [0.3, 0.4) is 0 Å². The van der Waals surface area contributed by atoms with E-state index in [0.717, 1.165) is 17.8 Å². The van der Waals surface area contributed by atoms with E-state index in [0.29, 0.717) is 5.75 Å². The Morgan fingerprint density at radius 3 is 2.64 bits per heavy atom. The molecule has 2 aromatic rings. The summed E-state index contributed by atoms with van der Waals surface area (Å²) in [6, 6.07) is 7.85. The van der Waals surface area contributed by atoms with Crippen LogP contribution >= 0.6 is 0 Å². The van der Waals surface area contributed by atoms with Crippen LogP contribution in [-0.4, -0.2) is 28.0 Å². The Hall–Kier alpha value is -3.16. The summed E-state index contributed by atoms with van der Waals surface area (Å²) in [5, 5.41) is 22.6. The monoisotopic (exact) mass is 303 g/mol. The maximum Gasteiger partial charge on any atom is 0.291 e. The second kappa shape index (κ2) is 6.53. The van der Waals surface area contributed by atoms with Gasteiger partial charge in [0.1, 0.15) is 11.9 Å². The van der Waals surface area contributed by atoms with Gasteiger partial charge in [-0.1, -0.05) is 12.1 Å². The molecular formula is C14H13N3O5. The molecule has 114 valence electrons. The summed E-state index contributed by atoms with van der Waals surface area (Å²) in [5.41, 5.74) is 0.394. The van der Waals surface area contributed by atoms with Gasteiger partial charge in [0.25, 0.3) is 5.69 Å². The molecule has 0 spiro atoms. The number of nitrogens with one attached hydrogen (secondary N) is 1. The molecule has 0 fully saturated rings. The van der Waals surface area contributed by atoms with E-state index in [1.807, 2.05) is 0 Å². The minimum absolute atomic E-state index is 0.0715. The number of nitro groups is 1. The van der Waals surface area contributed by atoms with E-state index in [9.17, 15) is 20.0 Å². The zero-order chi connectivity index (χ0) is 16.1. The molecule has 0 aliphatic heterocycles. The highest BCUT2D eigenvalue weighted by Crippen LogP contribution is 2.25. The van der Waals surface area contributed by atoms with Gasteiger partial charge in [0, 0.05) is 0 Å². The van der Waals surface area contributed by atoms with Crippen LogP contribution in [0.25, 0.3) is 0 Å². The van der Waals surface area contributed by atoms with Gasteiger partial charge >= 0.3 is 0 Å². The zero-order valence-electron chi connectivity index (χ0n) is 11.6. The van der Waals surface area contributed by atoms with E-state index in [1.54, 1.807) is 31.4 Å². The number of aromatic hydroxyl groups is 1. The number of methoxy groups -OCH3 is 1. The van der Waals surface area contributed by atoms with Crippen molar-refractivity contribution < 1.29 is 19.6 Å². The molecule has 0 radical (unpaired) electrons. The van der Waals surface area contributed by atoms with Gasteiger partial charge in [0.2, 0.25) is 5.91 Å². The smallest absolute Gasteiger partial charge is 0.291 e. The number of hydrogen-bond donors (Lipinski definition) is 2. The van der Waals surface area contributed by atoms with Gasteiger partial charge in [-0.15, -0.1) is 0 Å². The van der Waals surface area contributed by atoms with Gasteiger partial charge < -0.3 is 15.2 Å². The van der Waals surface area contributed by atoms with Gasteiger partial charge in [-0.2, -0.15) is 0 Å². The lowest BCUT2D eigenvalue weighted by molar-refractivity contribution is -0.385. The summed E-state index contributed by atoms with van der Waals surface area (Å²) >= 11 is 0. The summed E-state index contributed by atoms with van der Waals surface area (Å²) in [7, 11) is 1.55. The van der Waals surface area contributed by atoms with Crippen molar-refractivity contribution in [1.82, 2.24) is 4.98 Å². The highest BCUT2D eigenvalue weighted by molar-refractivity contribution is 5.92. The number of aromatic nitrogens is 1. The van der Waals surface area contributed by atoms with Crippen LogP contribution in [0.1, 0.15) is 5.56 Å². The fourth-order valence-electron chi connectivity index (χ4n) is 1.74. The summed E-state index contributed by atoms with van der Waals surface area (Å²) < 4.78 is 5.02. The molecule has 1 heterocycles. The highest BCUT2D eigenvalue weighted by Gasteiger charge is 2.13. The van der Waals surface area contributed by atoms with Crippen molar-refractivity contribution in [1.29, 1.82) is 0 Å². The molecule has 0 aliphatic carbocycles. The van der Waals surface area contributed by atoms with Crippen molar-refractivity contribution in [3.63, 3.8) is 0 Å². The standard InChI is InChI=1S/C14H13N3O5/c1-22-11-4-2-9(3-5-11)6-13(19)16-14-12(18)7-10(8-15-14)17(20)21/h2-5,7-8,18H,6H2,1H3,(H,15,16,19). The molecule has 0 bridgehead atoms. The third-order valence-electron chi connectivity index (χ3n) is 2.85. The number of amides is 1. The Morgan fingerprint density at radius 2 is 2.09 bits per heavy atom. The number of hydrogen-bond acceptors (Lipinski definition) is 6. The second-order valence-corrected chi connectivity index (χ2v) is 4.39. The van der Waals surface area contributed by atoms with Crippen molar-refractivity contribution in [3.8, 4) is 11.5 Å². The van der Waals surface area contributed by atoms with E-state index in [2.05, 4.69) is 10.3 Å². The number of carbonyl (C=O) groups excluding carboxylic acids is 1. The Kier molecular flexibility index (Phi) is 4.52. The number of ether oxygens (including phenoxy) is 1. The molecule has 1 amide bonds. The van der Waals surface area contributed by atoms with Crippen LogP contribution in [-0.2, 0) is 11.2 Å². The predicted molar refractivity (Wildman–Crippen MR) is 77.9 cm³/mol. The number of carbonyl (C=O) groups is 1. The fraction of sp³-hybridized carbons (Fsp3) is 0.143. The predicted octanol–water partition coefficient (Wildman–Crippen LogP) is 1.89. The maximum absolute atomic E-state index is 11.9. The molecular weight excluding hydrogens is 290 g/mol. The molecule has 22 heavy (non-hydrogen) atoms. The van der Waals surface area contributed by atoms with Crippen LogP contribution in [0, 0.1) is 10.1 Å². The average Bonchev–Trinajstić information content (AvgIpc) is 2.50. The summed E-state index contributed by atoms with van der Waals surface area (Å²) in [6.45, 7) is 0. The van der Waals surface area contributed by atoms with Crippen molar-refractivity contribution in [2.24, 2.45) is 0 Å². The van der Waals surface area contributed by atoms with Crippen molar-refractivity contribution >= 4 is 17.4 Å². The quantitative estimate of drug-likeness (QED) is 0.644. The van der Waals surface area contributed by atoms with Crippen molar-refractivity contribution in [2.45, 2.75) is 6.42 Å². The van der Waals surface area contributed by atoms with E-state index in [-0.39, 0.29) is 17.9 Å². The first kappa shape index (κ1) is 15.2. The Labute approximate surface area is 125 Å². The fourth-order valence-corrected chi connectivity index (χ4v) is 1.74. The molecule has 0 atom stereocenters. The first-order valence-corrected chi connectivity index (χ1v) is 6.26. The van der Waals surface area contributed by atoms with E-state index < -0.39 is 16.6 Å². The lowest BCUT2D eigenvalue weighted by Gasteiger charge is -2.06. The van der Waals surface area contributed by atoms with Crippen LogP contribution < -0.4 is 10.1 Å². The van der Waals surface area contributed by atoms with Crippen molar-refractivity contribution in [3.05, 3.63) is 52.2 Å². The third-order valence-corrected chi connectivity index (χ3v) is 2.85. The van der Waals surface area contributed by atoms with Crippen LogP contribution in [0.2, 0.25) is 0 Å². The zero-order valence-corrected chi connectivity index (χ0v) is 11.6. The molecule has 8 heteroatoms. The number of nitrogens with zero attached hydrogens (tertiary/aromatic N) is 2. The molecule has 2 N–H and O–H groups in total. The maximum atomic E-state index is 11.9. The lowest BCUT2D eigenvalue weighted by Crippen LogP contribution is -2.15. The SMILES string of the molecule is COc1ccc(CC(=O)Nc2ncc([N+](=O)[O-])cc2O)cc1. The Bertz CT molecular complexity index is 700. The molecule has 2 rings (SSSR count). The first-order chi connectivity index (χ1) is 10.5. The molecule has 1 aromatic heterocycles. The van der Waals surface area contributed by atoms with E-state index >= 15 is 0 Å². The summed E-state index contributed by atoms with van der Waals surface area (Å²) in [5.74, 6) is -0.304. The third kappa shape index (κ3) is 3.69. The molecule has 0 aliphatic rings. The molecule has 0 unspecified atom stereocenters. The van der Waals surface area contributed by atoms with Crippen LogP contribution in [0.5, 0.6) is 11.5 Å². The molecule has 0 saturated heterocycles. The van der Waals surface area contributed by atoms with Gasteiger partial charge in [0.05, 0.1) is 24.5 Å². The molecule has 8 nitrogen and oxygen atoms in total. The molecule has 1 aromatic carbocycles. The van der Waals surface area contributed by atoms with Gasteiger partial charge in [-0.25, -0.2) is 4.98 Å². The topological polar surface area (TPSA) is 115 Å². The number of benzene rings is 1. The van der Waals surface area contributed by atoms with Crippen LogP contribution in [0.4, 0.5) is 11.5 Å². The summed E-state index contributed by atoms with van der Waals surface area (Å²) in [4.78, 5) is 25.4. The minimum Gasteiger partial charge on any atom is -0.504 e. The minimum atomic E-state index is -0.685. The first-order valence-electron chi connectivity index (χ1n) is 6.26. The van der Waals surface area contributed by atoms with E-state index in [4.69, 9.17) is 4.74 Å². The largest absolute Gasteiger partial charge is 0.504 e. The molecule has 0 saturated carbocycles. The van der Waals surface area contributed by atoms with Gasteiger partial charge in [-0.3, -0.25) is 14.9 Å². The Morgan fingerprint density at radius 1 is 1.41 bits per heavy atom. The second-order valence-electron chi connectivity index (χ2n) is 4.39. The number of anilines is 1. The highest BCUT2D eigenvalue weighted by atomic mass is 16.6. The summed E-state index contributed by atoms with van der Waals surface area (Å²) in [6.07, 6.45) is 1.03. The lowest BCUT2D eigenvalue weighted by atomic mass is 10.1. The Balaban J connectivity index is 2.03. The average molecular weight is 303 g/mol. The normalized spacial score (nSPS) is 10.0. The van der Waals surface area contributed by atoms with Gasteiger partial charge in [-0.05, 0) is 17.7 Å². The number of pyridine rings is 1. The van der Waals surface area contributed by atoms with Gasteiger partial charge in [0.15, 0.2) is 11.6 Å². The van der Waals surface area contributed by atoms with E-state index in [1.165, 1.54) is 0 Å².